The molecule has 3 nitrogen and oxygen atoms in total. The zero-order valence-electron chi connectivity index (χ0n) is 14.3. The van der Waals surface area contributed by atoms with Crippen LogP contribution in [0.15, 0.2) is 84.9 Å². The molecule has 128 valence electrons. The third-order valence-electron chi connectivity index (χ3n) is 4.92. The van der Waals surface area contributed by atoms with E-state index in [9.17, 15) is 9.59 Å². The summed E-state index contributed by atoms with van der Waals surface area (Å²) in [7, 11) is 0. The van der Waals surface area contributed by atoms with E-state index in [2.05, 4.69) is 0 Å². The quantitative estimate of drug-likeness (QED) is 0.378. The molecule has 0 bridgehead atoms. The summed E-state index contributed by atoms with van der Waals surface area (Å²) in [6, 6.07) is 27.3. The van der Waals surface area contributed by atoms with Crippen molar-refractivity contribution in [1.82, 2.24) is 0 Å². The first-order chi connectivity index (χ1) is 13.2. The standard InChI is InChI=1S/C24H14O3/c25-23-21(19-11-9-15-5-1-3-7-17(15)13-19)22(24(26)27-23)20-12-10-16-6-2-4-8-18(16)14-20/h1-14H. The van der Waals surface area contributed by atoms with Gasteiger partial charge in [0, 0.05) is 0 Å². The first-order valence-electron chi connectivity index (χ1n) is 8.70. The van der Waals surface area contributed by atoms with E-state index < -0.39 is 11.9 Å². The SMILES string of the molecule is O=C1OC(=O)C(c2ccc3ccccc3c2)=C1c1ccc2ccccc2c1. The monoisotopic (exact) mass is 350 g/mol. The van der Waals surface area contributed by atoms with Gasteiger partial charge in [0.15, 0.2) is 0 Å². The summed E-state index contributed by atoms with van der Waals surface area (Å²) in [6.07, 6.45) is 0. The molecule has 5 rings (SSSR count). The van der Waals surface area contributed by atoms with Crippen molar-refractivity contribution < 1.29 is 14.3 Å². The van der Waals surface area contributed by atoms with Gasteiger partial charge in [-0.05, 0) is 44.8 Å². The van der Waals surface area contributed by atoms with Gasteiger partial charge >= 0.3 is 11.9 Å². The zero-order chi connectivity index (χ0) is 18.4. The predicted molar refractivity (Wildman–Crippen MR) is 106 cm³/mol. The van der Waals surface area contributed by atoms with Crippen LogP contribution in [-0.4, -0.2) is 11.9 Å². The maximum atomic E-state index is 12.5. The number of rotatable bonds is 2. The van der Waals surface area contributed by atoms with E-state index in [4.69, 9.17) is 4.74 Å². The van der Waals surface area contributed by atoms with Crippen LogP contribution < -0.4 is 0 Å². The van der Waals surface area contributed by atoms with Crippen molar-refractivity contribution in [3.8, 4) is 0 Å². The smallest absolute Gasteiger partial charge is 0.347 e. The minimum atomic E-state index is -0.599. The van der Waals surface area contributed by atoms with E-state index >= 15 is 0 Å². The van der Waals surface area contributed by atoms with Crippen molar-refractivity contribution in [2.45, 2.75) is 0 Å². The molecule has 0 fully saturated rings. The topological polar surface area (TPSA) is 43.4 Å². The van der Waals surface area contributed by atoms with Crippen LogP contribution >= 0.6 is 0 Å². The Morgan fingerprint density at radius 2 is 0.889 bits per heavy atom. The number of benzene rings is 4. The Hall–Kier alpha value is -3.72. The van der Waals surface area contributed by atoms with Crippen LogP contribution in [0.5, 0.6) is 0 Å². The molecule has 3 heteroatoms. The average molecular weight is 350 g/mol. The summed E-state index contributed by atoms with van der Waals surface area (Å²) in [5.74, 6) is -1.20. The van der Waals surface area contributed by atoms with Crippen molar-refractivity contribution in [2.75, 3.05) is 0 Å². The van der Waals surface area contributed by atoms with E-state index in [1.54, 1.807) is 0 Å². The molecular formula is C24H14O3. The van der Waals surface area contributed by atoms with Gasteiger partial charge in [-0.2, -0.15) is 0 Å². The number of fused-ring (bicyclic) bond motifs is 2. The number of cyclic esters (lactones) is 2. The number of esters is 2. The maximum Gasteiger partial charge on any atom is 0.347 e. The molecule has 1 heterocycles. The molecule has 1 aliphatic heterocycles. The van der Waals surface area contributed by atoms with E-state index in [0.29, 0.717) is 22.3 Å². The van der Waals surface area contributed by atoms with E-state index in [1.165, 1.54) is 0 Å². The highest BCUT2D eigenvalue weighted by molar-refractivity contribution is 6.45. The zero-order valence-corrected chi connectivity index (χ0v) is 14.3. The lowest BCUT2D eigenvalue weighted by molar-refractivity contribution is -0.149. The number of carbonyl (C=O) groups is 2. The molecule has 0 saturated heterocycles. The molecule has 0 amide bonds. The van der Waals surface area contributed by atoms with Crippen molar-refractivity contribution in [3.05, 3.63) is 96.1 Å². The van der Waals surface area contributed by atoms with E-state index in [-0.39, 0.29) is 0 Å². The Labute approximate surface area is 155 Å². The molecule has 4 aromatic carbocycles. The van der Waals surface area contributed by atoms with Gasteiger partial charge in [-0.15, -0.1) is 0 Å². The second-order valence-electron chi connectivity index (χ2n) is 6.55. The molecule has 1 aliphatic rings. The van der Waals surface area contributed by atoms with Gasteiger partial charge in [0.2, 0.25) is 0 Å². The molecule has 0 unspecified atom stereocenters. The molecule has 27 heavy (non-hydrogen) atoms. The number of ether oxygens (including phenoxy) is 1. The van der Waals surface area contributed by atoms with Crippen LogP contribution in [0.25, 0.3) is 32.7 Å². The Kier molecular flexibility index (Phi) is 3.41. The highest BCUT2D eigenvalue weighted by Gasteiger charge is 2.35. The second-order valence-corrected chi connectivity index (χ2v) is 6.55. The van der Waals surface area contributed by atoms with E-state index in [0.717, 1.165) is 21.5 Å². The number of carbonyl (C=O) groups excluding carboxylic acids is 2. The number of hydrogen-bond donors (Lipinski definition) is 0. The molecule has 0 radical (unpaired) electrons. The van der Waals surface area contributed by atoms with Gasteiger partial charge in [0.25, 0.3) is 0 Å². The fourth-order valence-corrected chi connectivity index (χ4v) is 3.60. The summed E-state index contributed by atoms with van der Waals surface area (Å²) in [4.78, 5) is 24.9. The van der Waals surface area contributed by atoms with Crippen LogP contribution in [0, 0.1) is 0 Å². The molecule has 0 aromatic heterocycles. The van der Waals surface area contributed by atoms with Crippen LogP contribution in [0.1, 0.15) is 11.1 Å². The molecule has 0 spiro atoms. The molecule has 0 N–H and O–H groups in total. The Morgan fingerprint density at radius 3 is 1.33 bits per heavy atom. The van der Waals surface area contributed by atoms with Gasteiger partial charge in [-0.1, -0.05) is 72.8 Å². The minimum absolute atomic E-state index is 0.320. The van der Waals surface area contributed by atoms with Crippen molar-refractivity contribution >= 4 is 44.6 Å². The second kappa shape index (κ2) is 5.92. The highest BCUT2D eigenvalue weighted by Crippen LogP contribution is 2.36. The maximum absolute atomic E-state index is 12.5. The third kappa shape index (κ3) is 2.52. The van der Waals surface area contributed by atoms with Crippen LogP contribution in [0.3, 0.4) is 0 Å². The van der Waals surface area contributed by atoms with Crippen LogP contribution in [0.4, 0.5) is 0 Å². The Balaban J connectivity index is 1.75. The largest absolute Gasteiger partial charge is 0.386 e. The van der Waals surface area contributed by atoms with Crippen molar-refractivity contribution in [2.24, 2.45) is 0 Å². The van der Waals surface area contributed by atoms with Gasteiger partial charge in [0.05, 0.1) is 11.1 Å². The summed E-state index contributed by atoms with van der Waals surface area (Å²) in [5, 5.41) is 4.17. The molecule has 4 aromatic rings. The van der Waals surface area contributed by atoms with Crippen molar-refractivity contribution in [3.63, 3.8) is 0 Å². The normalized spacial score (nSPS) is 14.2. The Bertz CT molecular complexity index is 1180. The predicted octanol–water partition coefficient (Wildman–Crippen LogP) is 4.99. The van der Waals surface area contributed by atoms with Gasteiger partial charge < -0.3 is 4.74 Å². The molecule has 0 aliphatic carbocycles. The summed E-state index contributed by atoms with van der Waals surface area (Å²) < 4.78 is 4.97. The third-order valence-corrected chi connectivity index (χ3v) is 4.92. The lowest BCUT2D eigenvalue weighted by atomic mass is 9.93. The number of hydrogen-bond acceptors (Lipinski definition) is 3. The fraction of sp³-hybridized carbons (Fsp3) is 0. The van der Waals surface area contributed by atoms with E-state index in [1.807, 2.05) is 84.9 Å². The van der Waals surface area contributed by atoms with Gasteiger partial charge in [0.1, 0.15) is 0 Å². The minimum Gasteiger partial charge on any atom is -0.386 e. The van der Waals surface area contributed by atoms with Gasteiger partial charge in [-0.3, -0.25) is 0 Å². The Morgan fingerprint density at radius 1 is 0.481 bits per heavy atom. The summed E-state index contributed by atoms with van der Waals surface area (Å²) in [6.45, 7) is 0. The van der Waals surface area contributed by atoms with Crippen LogP contribution in [-0.2, 0) is 14.3 Å². The average Bonchev–Trinajstić information content (AvgIpc) is 3.01. The molecule has 0 saturated carbocycles. The van der Waals surface area contributed by atoms with Crippen molar-refractivity contribution in [1.29, 1.82) is 0 Å². The molecular weight excluding hydrogens is 336 g/mol. The van der Waals surface area contributed by atoms with Gasteiger partial charge in [-0.25, -0.2) is 9.59 Å². The highest BCUT2D eigenvalue weighted by atomic mass is 16.6. The molecule has 0 atom stereocenters. The lowest BCUT2D eigenvalue weighted by Gasteiger charge is -2.06. The summed E-state index contributed by atoms with van der Waals surface area (Å²) >= 11 is 0. The fourth-order valence-electron chi connectivity index (χ4n) is 3.60. The van der Waals surface area contributed by atoms with Crippen LogP contribution in [0.2, 0.25) is 0 Å². The first-order valence-corrected chi connectivity index (χ1v) is 8.70. The first kappa shape index (κ1) is 15.5. The summed E-state index contributed by atoms with van der Waals surface area (Å²) in [5.41, 5.74) is 2.02. The lowest BCUT2D eigenvalue weighted by Crippen LogP contribution is -2.02.